The standard InChI is InChI=1S/C18H28N2O2/c1-4-10-20(11-5-2)15-7-8-16-14(12-15)6-9-17(22)18(16)19-13(3)21/h6,9,15,22H,4-5,7-8,10-12H2,1-3H3,(H,19,21). The van der Waals surface area contributed by atoms with Gasteiger partial charge in [-0.1, -0.05) is 19.9 Å². The fraction of sp³-hybridized carbons (Fsp3) is 0.611. The van der Waals surface area contributed by atoms with Gasteiger partial charge in [-0.25, -0.2) is 0 Å². The molecule has 4 nitrogen and oxygen atoms in total. The number of carbonyl (C=O) groups excluding carboxylic acids is 1. The first-order valence-corrected chi connectivity index (χ1v) is 8.42. The van der Waals surface area contributed by atoms with E-state index in [-0.39, 0.29) is 11.7 Å². The van der Waals surface area contributed by atoms with Crippen LogP contribution in [0.5, 0.6) is 5.75 Å². The van der Waals surface area contributed by atoms with Crippen LogP contribution in [0.1, 0.15) is 51.2 Å². The van der Waals surface area contributed by atoms with Gasteiger partial charge in [-0.15, -0.1) is 0 Å². The summed E-state index contributed by atoms with van der Waals surface area (Å²) < 4.78 is 0. The number of anilines is 1. The highest BCUT2D eigenvalue weighted by Gasteiger charge is 2.26. The monoisotopic (exact) mass is 304 g/mol. The molecule has 1 aromatic carbocycles. The zero-order valence-electron chi connectivity index (χ0n) is 14.0. The molecule has 1 amide bonds. The average molecular weight is 304 g/mol. The third-order valence-corrected chi connectivity index (χ3v) is 4.41. The molecule has 0 fully saturated rings. The maximum Gasteiger partial charge on any atom is 0.221 e. The maximum atomic E-state index is 11.4. The van der Waals surface area contributed by atoms with Crippen molar-refractivity contribution in [2.75, 3.05) is 18.4 Å². The number of hydrogen-bond donors (Lipinski definition) is 2. The van der Waals surface area contributed by atoms with Crippen molar-refractivity contribution in [1.82, 2.24) is 4.90 Å². The van der Waals surface area contributed by atoms with E-state index in [4.69, 9.17) is 0 Å². The van der Waals surface area contributed by atoms with Gasteiger partial charge in [-0.2, -0.15) is 0 Å². The lowest BCUT2D eigenvalue weighted by molar-refractivity contribution is -0.114. The van der Waals surface area contributed by atoms with E-state index in [0.29, 0.717) is 11.7 Å². The van der Waals surface area contributed by atoms with Crippen LogP contribution >= 0.6 is 0 Å². The molecule has 22 heavy (non-hydrogen) atoms. The van der Waals surface area contributed by atoms with Gasteiger partial charge in [0.25, 0.3) is 0 Å². The molecule has 0 aliphatic heterocycles. The Balaban J connectivity index is 2.22. The fourth-order valence-corrected chi connectivity index (χ4v) is 3.50. The summed E-state index contributed by atoms with van der Waals surface area (Å²) in [5.74, 6) is 0.0378. The molecule has 122 valence electrons. The smallest absolute Gasteiger partial charge is 0.221 e. The second kappa shape index (κ2) is 7.63. The van der Waals surface area contributed by atoms with Crippen molar-refractivity contribution in [3.8, 4) is 5.75 Å². The van der Waals surface area contributed by atoms with Gasteiger partial charge < -0.3 is 15.3 Å². The Bertz CT molecular complexity index is 522. The third kappa shape index (κ3) is 3.80. The van der Waals surface area contributed by atoms with Gasteiger partial charge in [-0.3, -0.25) is 4.79 Å². The highest BCUT2D eigenvalue weighted by Crippen LogP contribution is 2.36. The Morgan fingerprint density at radius 2 is 2.00 bits per heavy atom. The number of hydrogen-bond acceptors (Lipinski definition) is 3. The summed E-state index contributed by atoms with van der Waals surface area (Å²) in [7, 11) is 0. The molecule has 0 heterocycles. The van der Waals surface area contributed by atoms with Gasteiger partial charge >= 0.3 is 0 Å². The van der Waals surface area contributed by atoms with Crippen LogP contribution in [-0.4, -0.2) is 35.0 Å². The molecule has 0 spiro atoms. The molecule has 2 rings (SSSR count). The van der Waals surface area contributed by atoms with Gasteiger partial charge in [-0.05, 0) is 62.4 Å². The number of fused-ring (bicyclic) bond motifs is 1. The number of nitrogens with zero attached hydrogens (tertiary/aromatic N) is 1. The normalized spacial score (nSPS) is 17.4. The van der Waals surface area contributed by atoms with Crippen LogP contribution in [0, 0.1) is 0 Å². The van der Waals surface area contributed by atoms with Crippen LogP contribution in [0.2, 0.25) is 0 Å². The van der Waals surface area contributed by atoms with Crippen molar-refractivity contribution >= 4 is 11.6 Å². The second-order valence-electron chi connectivity index (χ2n) is 6.21. The van der Waals surface area contributed by atoms with E-state index in [9.17, 15) is 9.90 Å². The third-order valence-electron chi connectivity index (χ3n) is 4.41. The molecule has 0 saturated heterocycles. The average Bonchev–Trinajstić information content (AvgIpc) is 2.49. The summed E-state index contributed by atoms with van der Waals surface area (Å²) in [4.78, 5) is 14.0. The van der Waals surface area contributed by atoms with Crippen LogP contribution in [0.4, 0.5) is 5.69 Å². The summed E-state index contributed by atoms with van der Waals surface area (Å²) in [6, 6.07) is 4.29. The maximum absolute atomic E-state index is 11.4. The molecule has 0 saturated carbocycles. The van der Waals surface area contributed by atoms with Crippen molar-refractivity contribution in [2.24, 2.45) is 0 Å². The van der Waals surface area contributed by atoms with Crippen LogP contribution in [0.25, 0.3) is 0 Å². The molecule has 1 atom stereocenters. The second-order valence-corrected chi connectivity index (χ2v) is 6.21. The lowest BCUT2D eigenvalue weighted by Gasteiger charge is -2.35. The summed E-state index contributed by atoms with van der Waals surface area (Å²) in [5.41, 5.74) is 2.98. The number of nitrogens with one attached hydrogen (secondary N) is 1. The quantitative estimate of drug-likeness (QED) is 0.793. The first-order chi connectivity index (χ1) is 10.6. The van der Waals surface area contributed by atoms with Crippen molar-refractivity contribution in [1.29, 1.82) is 0 Å². The fourth-order valence-electron chi connectivity index (χ4n) is 3.50. The summed E-state index contributed by atoms with van der Waals surface area (Å²) in [6.07, 6.45) is 5.35. The van der Waals surface area contributed by atoms with E-state index in [0.717, 1.165) is 37.9 Å². The minimum absolute atomic E-state index is 0.135. The Hall–Kier alpha value is -1.55. The van der Waals surface area contributed by atoms with E-state index in [1.807, 2.05) is 6.07 Å². The molecule has 4 heteroatoms. The van der Waals surface area contributed by atoms with Gasteiger partial charge in [0, 0.05) is 13.0 Å². The summed E-state index contributed by atoms with van der Waals surface area (Å²) in [6.45, 7) is 8.22. The number of aromatic hydroxyl groups is 1. The zero-order valence-corrected chi connectivity index (χ0v) is 14.0. The summed E-state index contributed by atoms with van der Waals surface area (Å²) in [5, 5.41) is 12.8. The highest BCUT2D eigenvalue weighted by molar-refractivity contribution is 5.91. The predicted molar refractivity (Wildman–Crippen MR) is 90.4 cm³/mol. The first kappa shape index (κ1) is 16.8. The Morgan fingerprint density at radius 3 is 2.59 bits per heavy atom. The molecule has 1 aliphatic rings. The van der Waals surface area contributed by atoms with Crippen molar-refractivity contribution in [3.05, 3.63) is 23.3 Å². The highest BCUT2D eigenvalue weighted by atomic mass is 16.3. The van der Waals surface area contributed by atoms with Crippen LogP contribution in [-0.2, 0) is 17.6 Å². The Morgan fingerprint density at radius 1 is 1.32 bits per heavy atom. The van der Waals surface area contributed by atoms with Gasteiger partial charge in [0.1, 0.15) is 5.75 Å². The number of carbonyl (C=O) groups is 1. The SMILES string of the molecule is CCCN(CCC)C1CCc2c(ccc(O)c2NC(C)=O)C1. The van der Waals surface area contributed by atoms with Gasteiger partial charge in [0.15, 0.2) is 0 Å². The minimum Gasteiger partial charge on any atom is -0.506 e. The topological polar surface area (TPSA) is 52.6 Å². The number of rotatable bonds is 6. The molecule has 1 aromatic rings. The zero-order chi connectivity index (χ0) is 16.1. The molecule has 0 aromatic heterocycles. The van der Waals surface area contributed by atoms with E-state index in [1.54, 1.807) is 6.07 Å². The van der Waals surface area contributed by atoms with Crippen molar-refractivity contribution < 1.29 is 9.90 Å². The first-order valence-electron chi connectivity index (χ1n) is 8.42. The Labute approximate surface area is 133 Å². The number of phenols is 1. The van der Waals surface area contributed by atoms with Gasteiger partial charge in [0.05, 0.1) is 5.69 Å². The molecule has 0 radical (unpaired) electrons. The summed E-state index contributed by atoms with van der Waals surface area (Å²) >= 11 is 0. The minimum atomic E-state index is -0.135. The van der Waals surface area contributed by atoms with Crippen LogP contribution in [0.3, 0.4) is 0 Å². The number of phenolic OH excluding ortho intramolecular Hbond substituents is 1. The molecule has 1 unspecified atom stereocenters. The van der Waals surface area contributed by atoms with Crippen molar-refractivity contribution in [3.63, 3.8) is 0 Å². The van der Waals surface area contributed by atoms with E-state index in [1.165, 1.54) is 25.3 Å². The number of benzene rings is 1. The van der Waals surface area contributed by atoms with Gasteiger partial charge in [0.2, 0.25) is 5.91 Å². The van der Waals surface area contributed by atoms with E-state index >= 15 is 0 Å². The molecular weight excluding hydrogens is 276 g/mol. The van der Waals surface area contributed by atoms with Crippen LogP contribution in [0.15, 0.2) is 12.1 Å². The van der Waals surface area contributed by atoms with E-state index < -0.39 is 0 Å². The van der Waals surface area contributed by atoms with Crippen molar-refractivity contribution in [2.45, 2.75) is 58.9 Å². The Kier molecular flexibility index (Phi) is 5.83. The molecular formula is C18H28N2O2. The largest absolute Gasteiger partial charge is 0.506 e. The molecule has 2 N–H and O–H groups in total. The molecule has 1 aliphatic carbocycles. The van der Waals surface area contributed by atoms with E-state index in [2.05, 4.69) is 24.1 Å². The lowest BCUT2D eigenvalue weighted by Crippen LogP contribution is -2.40. The van der Waals surface area contributed by atoms with Crippen LogP contribution < -0.4 is 5.32 Å². The molecule has 0 bridgehead atoms. The lowest BCUT2D eigenvalue weighted by atomic mass is 9.86. The number of amides is 1. The predicted octanol–water partition coefficient (Wildman–Crippen LogP) is 3.33.